The normalized spacial score (nSPS) is 11.0. The molecule has 5 nitrogen and oxygen atoms in total. The molecule has 0 saturated carbocycles. The van der Waals surface area contributed by atoms with Gasteiger partial charge in [-0.05, 0) is 42.7 Å². The molecule has 6 aromatic carbocycles. The molecular weight excluding hydrogens is 611 g/mol. The van der Waals surface area contributed by atoms with Crippen molar-refractivity contribution in [1.29, 1.82) is 0 Å². The fourth-order valence-corrected chi connectivity index (χ4v) is 6.05. The molecule has 0 aliphatic rings. The highest BCUT2D eigenvalue weighted by Gasteiger charge is 2.14. The Bertz CT molecular complexity index is 2330. The second-order valence-corrected chi connectivity index (χ2v) is 12.3. The third-order valence-electron chi connectivity index (χ3n) is 8.61. The predicted molar refractivity (Wildman–Crippen MR) is 202 cm³/mol. The summed E-state index contributed by atoms with van der Waals surface area (Å²) in [4.78, 5) is 24.6. The number of hydrogen-bond donors (Lipinski definition) is 0. The second kappa shape index (κ2) is 13.9. The van der Waals surface area contributed by atoms with Gasteiger partial charge in [0.05, 0.1) is 11.4 Å². The molecule has 2 heterocycles. The lowest BCUT2D eigenvalue weighted by Gasteiger charge is -2.11. The van der Waals surface area contributed by atoms with E-state index in [1.165, 1.54) is 16.7 Å². The van der Waals surface area contributed by atoms with E-state index in [1.807, 2.05) is 78.9 Å². The summed E-state index contributed by atoms with van der Waals surface area (Å²) in [7, 11) is 0. The minimum Gasteiger partial charge on any atom is -0.228 e. The maximum atomic E-state index is 5.06. The van der Waals surface area contributed by atoms with Gasteiger partial charge in [-0.3, -0.25) is 0 Å². The Balaban J connectivity index is 1.10. The van der Waals surface area contributed by atoms with Crippen LogP contribution in [0.2, 0.25) is 0 Å². The van der Waals surface area contributed by atoms with Crippen LogP contribution >= 0.6 is 0 Å². The van der Waals surface area contributed by atoms with Crippen molar-refractivity contribution in [2.24, 2.45) is 0 Å². The van der Waals surface area contributed by atoms with E-state index in [0.29, 0.717) is 17.5 Å². The molecule has 0 N–H and O–H groups in total. The van der Waals surface area contributed by atoms with Gasteiger partial charge in [0.2, 0.25) is 0 Å². The minimum absolute atomic E-state index is 0.647. The van der Waals surface area contributed by atoms with Gasteiger partial charge < -0.3 is 0 Å². The van der Waals surface area contributed by atoms with Crippen LogP contribution in [0.25, 0.3) is 68.1 Å². The van der Waals surface area contributed by atoms with Crippen molar-refractivity contribution in [3.05, 3.63) is 187 Å². The van der Waals surface area contributed by atoms with Crippen molar-refractivity contribution in [3.63, 3.8) is 0 Å². The van der Waals surface area contributed by atoms with E-state index in [1.54, 1.807) is 0 Å². The predicted octanol–water partition coefficient (Wildman–Crippen LogP) is 10.6. The summed E-state index contributed by atoms with van der Waals surface area (Å²) in [5.41, 5.74) is 11.3. The highest BCUT2D eigenvalue weighted by Crippen LogP contribution is 2.30. The van der Waals surface area contributed by atoms with Crippen molar-refractivity contribution in [2.45, 2.75) is 13.3 Å². The number of benzene rings is 6. The van der Waals surface area contributed by atoms with Crippen LogP contribution in [0.4, 0.5) is 0 Å². The third kappa shape index (κ3) is 6.84. The topological polar surface area (TPSA) is 64.5 Å². The molecule has 0 spiro atoms. The van der Waals surface area contributed by atoms with Gasteiger partial charge in [0, 0.05) is 33.4 Å². The van der Waals surface area contributed by atoms with Gasteiger partial charge in [-0.15, -0.1) is 0 Å². The van der Waals surface area contributed by atoms with Crippen LogP contribution in [-0.4, -0.2) is 24.9 Å². The fraction of sp³-hybridized carbons (Fsp3) is 0.0444. The zero-order valence-corrected chi connectivity index (χ0v) is 27.6. The zero-order chi connectivity index (χ0) is 33.7. The molecule has 5 heteroatoms. The monoisotopic (exact) mass is 643 g/mol. The molecule has 0 amide bonds. The van der Waals surface area contributed by atoms with Gasteiger partial charge in [0.1, 0.15) is 0 Å². The minimum atomic E-state index is 0.647. The molecule has 2 aromatic heterocycles. The van der Waals surface area contributed by atoms with Crippen LogP contribution in [-0.2, 0) is 6.42 Å². The Morgan fingerprint density at radius 3 is 1.36 bits per heavy atom. The SMILES string of the molecule is Cc1cccc(-c2nc(-c3ccccc3)cc(-c3cccc(Cc4ccc(-c5nc(-c6ccccc6)nc(-c6ccccc6)n5)cc4)c3)n2)c1. The van der Waals surface area contributed by atoms with Crippen molar-refractivity contribution in [1.82, 2.24) is 24.9 Å². The molecule has 8 aromatic rings. The van der Waals surface area contributed by atoms with Crippen molar-refractivity contribution >= 4 is 0 Å². The van der Waals surface area contributed by atoms with Crippen LogP contribution in [0.5, 0.6) is 0 Å². The molecule has 238 valence electrons. The smallest absolute Gasteiger partial charge is 0.164 e. The lowest BCUT2D eigenvalue weighted by molar-refractivity contribution is 1.07. The van der Waals surface area contributed by atoms with Crippen molar-refractivity contribution < 1.29 is 0 Å². The van der Waals surface area contributed by atoms with E-state index < -0.39 is 0 Å². The first-order valence-corrected chi connectivity index (χ1v) is 16.7. The molecular formula is C45H33N5. The lowest BCUT2D eigenvalue weighted by Crippen LogP contribution is -2.00. The molecule has 8 rings (SSSR count). The summed E-state index contributed by atoms with van der Waals surface area (Å²) in [6.45, 7) is 2.09. The average Bonchev–Trinajstić information content (AvgIpc) is 3.19. The molecule has 0 fully saturated rings. The molecule has 0 bridgehead atoms. The van der Waals surface area contributed by atoms with Gasteiger partial charge in [0.25, 0.3) is 0 Å². The first kappa shape index (κ1) is 30.7. The van der Waals surface area contributed by atoms with Gasteiger partial charge >= 0.3 is 0 Å². The molecule has 0 atom stereocenters. The maximum Gasteiger partial charge on any atom is 0.164 e. The molecule has 0 unspecified atom stereocenters. The number of aromatic nitrogens is 5. The Hall–Kier alpha value is -6.59. The van der Waals surface area contributed by atoms with E-state index in [4.69, 9.17) is 24.9 Å². The molecule has 0 radical (unpaired) electrons. The van der Waals surface area contributed by atoms with Gasteiger partial charge in [0.15, 0.2) is 23.3 Å². The molecule has 50 heavy (non-hydrogen) atoms. The third-order valence-corrected chi connectivity index (χ3v) is 8.61. The Kier molecular flexibility index (Phi) is 8.52. The highest BCUT2D eigenvalue weighted by molar-refractivity contribution is 5.72. The van der Waals surface area contributed by atoms with Crippen LogP contribution in [0.3, 0.4) is 0 Å². The van der Waals surface area contributed by atoms with Crippen LogP contribution in [0, 0.1) is 6.92 Å². The number of hydrogen-bond acceptors (Lipinski definition) is 5. The zero-order valence-electron chi connectivity index (χ0n) is 27.6. The second-order valence-electron chi connectivity index (χ2n) is 12.3. The summed E-state index contributed by atoms with van der Waals surface area (Å²) < 4.78 is 0. The van der Waals surface area contributed by atoms with E-state index in [9.17, 15) is 0 Å². The first-order chi connectivity index (χ1) is 24.6. The van der Waals surface area contributed by atoms with Crippen LogP contribution in [0.1, 0.15) is 16.7 Å². The van der Waals surface area contributed by atoms with Gasteiger partial charge in [-0.25, -0.2) is 24.9 Å². The quantitative estimate of drug-likeness (QED) is 0.165. The van der Waals surface area contributed by atoms with E-state index in [-0.39, 0.29) is 0 Å². The molecule has 0 aliphatic heterocycles. The molecule has 0 saturated heterocycles. The average molecular weight is 644 g/mol. The van der Waals surface area contributed by atoms with Crippen LogP contribution < -0.4 is 0 Å². The number of aryl methyl sites for hydroxylation is 1. The van der Waals surface area contributed by atoms with Gasteiger partial charge in [-0.2, -0.15) is 0 Å². The summed E-state index contributed by atoms with van der Waals surface area (Å²) in [5, 5.41) is 0. The highest BCUT2D eigenvalue weighted by atomic mass is 15.0. The van der Waals surface area contributed by atoms with E-state index in [2.05, 4.69) is 97.9 Å². The Morgan fingerprint density at radius 1 is 0.320 bits per heavy atom. The summed E-state index contributed by atoms with van der Waals surface area (Å²) >= 11 is 0. The fourth-order valence-electron chi connectivity index (χ4n) is 6.05. The lowest BCUT2D eigenvalue weighted by atomic mass is 9.99. The Labute approximate surface area is 292 Å². The van der Waals surface area contributed by atoms with Crippen LogP contribution in [0.15, 0.2) is 170 Å². The summed E-state index contributed by atoms with van der Waals surface area (Å²) in [6.07, 6.45) is 0.775. The largest absolute Gasteiger partial charge is 0.228 e. The van der Waals surface area contributed by atoms with Gasteiger partial charge in [-0.1, -0.05) is 157 Å². The van der Waals surface area contributed by atoms with Crippen molar-refractivity contribution in [2.75, 3.05) is 0 Å². The number of nitrogens with zero attached hydrogens (tertiary/aromatic N) is 5. The van der Waals surface area contributed by atoms with E-state index >= 15 is 0 Å². The summed E-state index contributed by atoms with van der Waals surface area (Å²) in [6, 6.07) is 58.0. The number of rotatable bonds is 8. The standard InChI is InChI=1S/C45H33N5/c1-31-13-11-22-39(27-31)45-46-40(34-15-5-2-6-16-34)30-41(47-45)38-21-12-14-33(29-38)28-32-23-25-37(26-24-32)44-49-42(35-17-7-3-8-18-35)48-43(50-44)36-19-9-4-10-20-36/h2-27,29-30H,28H2,1H3. The van der Waals surface area contributed by atoms with E-state index in [0.717, 1.165) is 57.0 Å². The summed E-state index contributed by atoms with van der Waals surface area (Å²) in [5.74, 6) is 2.67. The Morgan fingerprint density at radius 2 is 0.780 bits per heavy atom. The molecule has 0 aliphatic carbocycles. The maximum absolute atomic E-state index is 5.06. The van der Waals surface area contributed by atoms with Crippen molar-refractivity contribution in [3.8, 4) is 68.1 Å². The first-order valence-electron chi connectivity index (χ1n) is 16.7.